The standard InChI is InChI=1S/C17H24BrN3O2/c18-15-12-19-6-1-16(15)21-7-2-13(3-8-21)11-17(22)20-14-4-9-23-10-5-14/h1,6,12-14H,2-5,7-11H2,(H,20,22). The number of hydrogen-bond donors (Lipinski definition) is 1. The number of ether oxygens (including phenoxy) is 1. The lowest BCUT2D eigenvalue weighted by molar-refractivity contribution is -0.123. The van der Waals surface area contributed by atoms with Gasteiger partial charge in [0.15, 0.2) is 0 Å². The first kappa shape index (κ1) is 16.7. The van der Waals surface area contributed by atoms with E-state index in [9.17, 15) is 4.79 Å². The van der Waals surface area contributed by atoms with Crippen LogP contribution in [-0.4, -0.2) is 43.2 Å². The molecular formula is C17H24BrN3O2. The second-order valence-corrected chi connectivity index (χ2v) is 7.27. The minimum Gasteiger partial charge on any atom is -0.381 e. The topological polar surface area (TPSA) is 54.5 Å². The predicted octanol–water partition coefficient (Wildman–Crippen LogP) is 2.75. The predicted molar refractivity (Wildman–Crippen MR) is 93.5 cm³/mol. The molecule has 126 valence electrons. The number of pyridine rings is 1. The highest BCUT2D eigenvalue weighted by atomic mass is 79.9. The van der Waals surface area contributed by atoms with Crippen LogP contribution < -0.4 is 10.2 Å². The molecule has 2 saturated heterocycles. The lowest BCUT2D eigenvalue weighted by Crippen LogP contribution is -2.41. The number of nitrogens with zero attached hydrogens (tertiary/aromatic N) is 2. The van der Waals surface area contributed by atoms with Crippen LogP contribution in [0.2, 0.25) is 0 Å². The summed E-state index contributed by atoms with van der Waals surface area (Å²) in [5.74, 6) is 0.701. The molecule has 0 atom stereocenters. The molecule has 3 rings (SSSR count). The van der Waals surface area contributed by atoms with Gasteiger partial charge in [0.1, 0.15) is 0 Å². The fourth-order valence-electron chi connectivity index (χ4n) is 3.39. The molecule has 0 radical (unpaired) electrons. The molecule has 0 bridgehead atoms. The van der Waals surface area contributed by atoms with Crippen molar-refractivity contribution in [3.8, 4) is 0 Å². The van der Waals surface area contributed by atoms with Crippen LogP contribution in [0, 0.1) is 5.92 Å². The summed E-state index contributed by atoms with van der Waals surface area (Å²) in [6.07, 6.45) is 8.34. The Kier molecular flexibility index (Phi) is 5.89. The van der Waals surface area contributed by atoms with Crippen LogP contribution in [0.15, 0.2) is 22.9 Å². The zero-order chi connectivity index (χ0) is 16.1. The number of halogens is 1. The molecule has 3 heterocycles. The largest absolute Gasteiger partial charge is 0.381 e. The highest BCUT2D eigenvalue weighted by Crippen LogP contribution is 2.30. The Morgan fingerprint density at radius 3 is 2.74 bits per heavy atom. The number of amides is 1. The Morgan fingerprint density at radius 2 is 2.04 bits per heavy atom. The molecule has 0 spiro atoms. The number of aromatic nitrogens is 1. The van der Waals surface area contributed by atoms with Crippen LogP contribution in [0.3, 0.4) is 0 Å². The molecule has 5 nitrogen and oxygen atoms in total. The third kappa shape index (κ3) is 4.67. The molecule has 2 aliphatic heterocycles. The summed E-state index contributed by atoms with van der Waals surface area (Å²) in [4.78, 5) is 18.7. The van der Waals surface area contributed by atoms with Gasteiger partial charge < -0.3 is 15.0 Å². The first-order valence-corrected chi connectivity index (χ1v) is 9.23. The van der Waals surface area contributed by atoms with E-state index in [2.05, 4.69) is 31.1 Å². The number of carbonyl (C=O) groups is 1. The zero-order valence-electron chi connectivity index (χ0n) is 13.3. The van der Waals surface area contributed by atoms with Gasteiger partial charge in [-0.1, -0.05) is 0 Å². The molecule has 1 aromatic heterocycles. The SMILES string of the molecule is O=C(CC1CCN(c2ccncc2Br)CC1)NC1CCOCC1. The number of piperidine rings is 1. The van der Waals surface area contributed by atoms with Crippen molar-refractivity contribution in [3.63, 3.8) is 0 Å². The molecule has 1 amide bonds. The van der Waals surface area contributed by atoms with Gasteiger partial charge in [-0.25, -0.2) is 0 Å². The fourth-order valence-corrected chi connectivity index (χ4v) is 3.89. The van der Waals surface area contributed by atoms with Crippen LogP contribution in [0.5, 0.6) is 0 Å². The summed E-state index contributed by atoms with van der Waals surface area (Å²) in [5.41, 5.74) is 1.20. The molecule has 1 N–H and O–H groups in total. The molecule has 0 saturated carbocycles. The van der Waals surface area contributed by atoms with E-state index in [0.717, 1.165) is 56.5 Å². The van der Waals surface area contributed by atoms with Crippen molar-refractivity contribution < 1.29 is 9.53 Å². The monoisotopic (exact) mass is 381 g/mol. The van der Waals surface area contributed by atoms with Gasteiger partial charge >= 0.3 is 0 Å². The smallest absolute Gasteiger partial charge is 0.220 e. The Hall–Kier alpha value is -1.14. The maximum absolute atomic E-state index is 12.2. The van der Waals surface area contributed by atoms with E-state index in [1.54, 1.807) is 0 Å². The first-order valence-electron chi connectivity index (χ1n) is 8.44. The fraction of sp³-hybridized carbons (Fsp3) is 0.647. The van der Waals surface area contributed by atoms with Crippen molar-refractivity contribution in [2.24, 2.45) is 5.92 Å². The van der Waals surface area contributed by atoms with Crippen LogP contribution in [0.1, 0.15) is 32.1 Å². The Labute approximate surface area is 145 Å². The number of anilines is 1. The minimum atomic E-state index is 0.209. The Bertz CT molecular complexity index is 526. The lowest BCUT2D eigenvalue weighted by atomic mass is 9.92. The maximum Gasteiger partial charge on any atom is 0.220 e. The van der Waals surface area contributed by atoms with Crippen molar-refractivity contribution in [2.75, 3.05) is 31.2 Å². The van der Waals surface area contributed by atoms with Gasteiger partial charge in [-0.2, -0.15) is 0 Å². The summed E-state index contributed by atoms with van der Waals surface area (Å²) in [6.45, 7) is 3.53. The highest BCUT2D eigenvalue weighted by Gasteiger charge is 2.24. The average Bonchev–Trinajstić information content (AvgIpc) is 2.57. The number of hydrogen-bond acceptors (Lipinski definition) is 4. The molecule has 2 fully saturated rings. The van der Waals surface area contributed by atoms with Crippen LogP contribution in [0.4, 0.5) is 5.69 Å². The van der Waals surface area contributed by atoms with Gasteiger partial charge in [0, 0.05) is 51.2 Å². The first-order chi connectivity index (χ1) is 11.2. The van der Waals surface area contributed by atoms with Crippen molar-refractivity contribution in [1.82, 2.24) is 10.3 Å². The van der Waals surface area contributed by atoms with E-state index in [1.807, 2.05) is 18.5 Å². The van der Waals surface area contributed by atoms with Crippen LogP contribution in [0.25, 0.3) is 0 Å². The molecule has 2 aliphatic rings. The lowest BCUT2D eigenvalue weighted by Gasteiger charge is -2.34. The van der Waals surface area contributed by atoms with Crippen molar-refractivity contribution in [2.45, 2.75) is 38.1 Å². The van der Waals surface area contributed by atoms with Crippen molar-refractivity contribution in [3.05, 3.63) is 22.9 Å². The highest BCUT2D eigenvalue weighted by molar-refractivity contribution is 9.10. The molecule has 0 unspecified atom stereocenters. The summed E-state index contributed by atoms with van der Waals surface area (Å²) in [5, 5.41) is 3.17. The molecule has 23 heavy (non-hydrogen) atoms. The van der Waals surface area contributed by atoms with E-state index >= 15 is 0 Å². The second kappa shape index (κ2) is 8.11. The van der Waals surface area contributed by atoms with Gasteiger partial charge in [0.25, 0.3) is 0 Å². The van der Waals surface area contributed by atoms with Gasteiger partial charge in [-0.05, 0) is 53.6 Å². The summed E-state index contributed by atoms with van der Waals surface area (Å²) < 4.78 is 6.37. The average molecular weight is 382 g/mol. The molecule has 1 aromatic rings. The van der Waals surface area contributed by atoms with Gasteiger partial charge in [-0.15, -0.1) is 0 Å². The zero-order valence-corrected chi connectivity index (χ0v) is 14.9. The number of rotatable bonds is 4. The Morgan fingerprint density at radius 1 is 1.30 bits per heavy atom. The summed E-state index contributed by atoms with van der Waals surface area (Å²) >= 11 is 3.56. The Balaban J connectivity index is 1.44. The molecular weight excluding hydrogens is 358 g/mol. The van der Waals surface area contributed by atoms with E-state index < -0.39 is 0 Å². The number of nitrogens with one attached hydrogen (secondary N) is 1. The summed E-state index contributed by atoms with van der Waals surface area (Å²) in [7, 11) is 0. The third-order valence-electron chi connectivity index (χ3n) is 4.77. The molecule has 0 aromatic carbocycles. The third-order valence-corrected chi connectivity index (χ3v) is 5.38. The van der Waals surface area contributed by atoms with Crippen molar-refractivity contribution in [1.29, 1.82) is 0 Å². The molecule has 6 heteroatoms. The van der Waals surface area contributed by atoms with E-state index in [4.69, 9.17) is 4.74 Å². The van der Waals surface area contributed by atoms with E-state index in [0.29, 0.717) is 18.4 Å². The second-order valence-electron chi connectivity index (χ2n) is 6.42. The van der Waals surface area contributed by atoms with Gasteiger partial charge in [0.2, 0.25) is 5.91 Å². The van der Waals surface area contributed by atoms with Gasteiger partial charge in [-0.3, -0.25) is 9.78 Å². The van der Waals surface area contributed by atoms with Crippen LogP contribution in [-0.2, 0) is 9.53 Å². The number of carbonyl (C=O) groups excluding carboxylic acids is 1. The molecule has 0 aliphatic carbocycles. The van der Waals surface area contributed by atoms with Crippen LogP contribution >= 0.6 is 15.9 Å². The quantitative estimate of drug-likeness (QED) is 0.870. The minimum absolute atomic E-state index is 0.209. The normalized spacial score (nSPS) is 20.5. The summed E-state index contributed by atoms with van der Waals surface area (Å²) in [6, 6.07) is 2.35. The van der Waals surface area contributed by atoms with Gasteiger partial charge in [0.05, 0.1) is 10.2 Å². The van der Waals surface area contributed by atoms with E-state index in [1.165, 1.54) is 5.69 Å². The van der Waals surface area contributed by atoms with E-state index in [-0.39, 0.29) is 5.91 Å². The van der Waals surface area contributed by atoms with Crippen molar-refractivity contribution >= 4 is 27.5 Å². The maximum atomic E-state index is 12.2.